The Hall–Kier alpha value is -1.07. The van der Waals surface area contributed by atoms with Crippen molar-refractivity contribution < 1.29 is 8.42 Å². The first-order valence-corrected chi connectivity index (χ1v) is 7.08. The Balaban J connectivity index is 2.29. The van der Waals surface area contributed by atoms with Crippen molar-refractivity contribution >= 4 is 15.5 Å². The molecule has 1 aliphatic rings. The second-order valence-electron chi connectivity index (χ2n) is 3.90. The summed E-state index contributed by atoms with van der Waals surface area (Å²) in [5.74, 6) is 0.134. The lowest BCUT2D eigenvalue weighted by Crippen LogP contribution is -2.51. The van der Waals surface area contributed by atoms with E-state index in [-0.39, 0.29) is 5.75 Å². The van der Waals surface area contributed by atoms with Crippen LogP contribution in [0, 0.1) is 0 Å². The van der Waals surface area contributed by atoms with Crippen LogP contribution in [0.2, 0.25) is 0 Å². The zero-order chi connectivity index (χ0) is 11.6. The standard InChI is InChI=1S/C11H16N2O2S/c1-2-16(14,15)11-6-4-3-5-10(11)13-9-7-12-8-9/h3-6,9,12-13H,2,7-8H2,1H3. The van der Waals surface area contributed by atoms with Crippen LogP contribution >= 0.6 is 0 Å². The molecule has 0 saturated carbocycles. The van der Waals surface area contributed by atoms with Gasteiger partial charge in [0.05, 0.1) is 22.4 Å². The van der Waals surface area contributed by atoms with Crippen molar-refractivity contribution in [3.05, 3.63) is 24.3 Å². The number of sulfone groups is 1. The van der Waals surface area contributed by atoms with Crippen molar-refractivity contribution in [3.8, 4) is 0 Å². The minimum absolute atomic E-state index is 0.134. The van der Waals surface area contributed by atoms with Gasteiger partial charge in [0.2, 0.25) is 0 Å². The van der Waals surface area contributed by atoms with E-state index in [9.17, 15) is 8.42 Å². The molecule has 0 aromatic heterocycles. The van der Waals surface area contributed by atoms with Crippen molar-refractivity contribution in [3.63, 3.8) is 0 Å². The average molecular weight is 240 g/mol. The summed E-state index contributed by atoms with van der Waals surface area (Å²) < 4.78 is 23.7. The predicted octanol–water partition coefficient (Wildman–Crippen LogP) is 0.864. The number of para-hydroxylation sites is 1. The normalized spacial score (nSPS) is 16.8. The van der Waals surface area contributed by atoms with Crippen LogP contribution < -0.4 is 10.6 Å². The van der Waals surface area contributed by atoms with Crippen LogP contribution in [0.1, 0.15) is 6.92 Å². The molecule has 88 valence electrons. The largest absolute Gasteiger partial charge is 0.379 e. The van der Waals surface area contributed by atoms with Crippen molar-refractivity contribution in [1.82, 2.24) is 5.32 Å². The maximum absolute atomic E-state index is 11.9. The molecule has 0 aliphatic carbocycles. The Bertz CT molecular complexity index is 467. The monoisotopic (exact) mass is 240 g/mol. The number of hydrogen-bond donors (Lipinski definition) is 2. The zero-order valence-electron chi connectivity index (χ0n) is 9.23. The first kappa shape index (κ1) is 11.4. The summed E-state index contributed by atoms with van der Waals surface area (Å²) >= 11 is 0. The van der Waals surface area contributed by atoms with E-state index in [1.54, 1.807) is 19.1 Å². The van der Waals surface area contributed by atoms with Gasteiger partial charge in [-0.2, -0.15) is 0 Å². The van der Waals surface area contributed by atoms with E-state index in [4.69, 9.17) is 0 Å². The van der Waals surface area contributed by atoms with E-state index in [1.807, 2.05) is 12.1 Å². The Morgan fingerprint density at radius 2 is 2.06 bits per heavy atom. The van der Waals surface area contributed by atoms with Gasteiger partial charge in [-0.15, -0.1) is 0 Å². The van der Waals surface area contributed by atoms with E-state index in [0.717, 1.165) is 18.8 Å². The Morgan fingerprint density at radius 3 is 2.62 bits per heavy atom. The maximum atomic E-state index is 11.9. The second kappa shape index (κ2) is 4.43. The molecule has 1 saturated heterocycles. The summed E-state index contributed by atoms with van der Waals surface area (Å²) in [5.41, 5.74) is 0.718. The molecule has 0 unspecified atom stereocenters. The van der Waals surface area contributed by atoms with E-state index < -0.39 is 9.84 Å². The van der Waals surface area contributed by atoms with Crippen molar-refractivity contribution in [2.24, 2.45) is 0 Å². The summed E-state index contributed by atoms with van der Waals surface area (Å²) in [6, 6.07) is 7.43. The Labute approximate surface area is 96.0 Å². The van der Waals surface area contributed by atoms with Crippen LogP contribution in [0.3, 0.4) is 0 Å². The third-order valence-electron chi connectivity index (χ3n) is 2.74. The fraction of sp³-hybridized carbons (Fsp3) is 0.455. The van der Waals surface area contributed by atoms with Gasteiger partial charge in [0.15, 0.2) is 9.84 Å². The van der Waals surface area contributed by atoms with Crippen LogP contribution in [-0.4, -0.2) is 33.3 Å². The molecule has 4 nitrogen and oxygen atoms in total. The molecular weight excluding hydrogens is 224 g/mol. The first-order chi connectivity index (χ1) is 7.63. The highest BCUT2D eigenvalue weighted by Gasteiger charge is 2.21. The van der Waals surface area contributed by atoms with Gasteiger partial charge in [-0.3, -0.25) is 0 Å². The van der Waals surface area contributed by atoms with Crippen LogP contribution in [0.15, 0.2) is 29.2 Å². The molecule has 1 heterocycles. The zero-order valence-corrected chi connectivity index (χ0v) is 10.0. The minimum atomic E-state index is -3.14. The summed E-state index contributed by atoms with van der Waals surface area (Å²) in [4.78, 5) is 0.407. The van der Waals surface area contributed by atoms with Crippen molar-refractivity contribution in [1.29, 1.82) is 0 Å². The molecule has 2 rings (SSSR count). The van der Waals surface area contributed by atoms with Crippen molar-refractivity contribution in [2.75, 3.05) is 24.2 Å². The lowest BCUT2D eigenvalue weighted by atomic mass is 10.1. The van der Waals surface area contributed by atoms with Gasteiger partial charge < -0.3 is 10.6 Å². The van der Waals surface area contributed by atoms with Gasteiger partial charge >= 0.3 is 0 Å². The minimum Gasteiger partial charge on any atom is -0.379 e. The average Bonchev–Trinajstić information content (AvgIpc) is 2.24. The van der Waals surface area contributed by atoms with Crippen LogP contribution in [0.25, 0.3) is 0 Å². The van der Waals surface area contributed by atoms with E-state index >= 15 is 0 Å². The van der Waals surface area contributed by atoms with E-state index in [2.05, 4.69) is 10.6 Å². The number of benzene rings is 1. The molecule has 0 atom stereocenters. The highest BCUT2D eigenvalue weighted by atomic mass is 32.2. The van der Waals surface area contributed by atoms with E-state index in [0.29, 0.717) is 10.9 Å². The van der Waals surface area contributed by atoms with Crippen LogP contribution in [0.5, 0.6) is 0 Å². The second-order valence-corrected chi connectivity index (χ2v) is 6.15. The Kier molecular flexibility index (Phi) is 3.16. The molecule has 0 radical (unpaired) electrons. The number of anilines is 1. The topological polar surface area (TPSA) is 58.2 Å². The van der Waals surface area contributed by atoms with E-state index in [1.165, 1.54) is 0 Å². The van der Waals surface area contributed by atoms with Gasteiger partial charge in [-0.1, -0.05) is 19.1 Å². The molecule has 1 aliphatic heterocycles. The van der Waals surface area contributed by atoms with Crippen molar-refractivity contribution in [2.45, 2.75) is 17.9 Å². The van der Waals surface area contributed by atoms with Gasteiger partial charge in [-0.05, 0) is 12.1 Å². The molecule has 0 amide bonds. The molecule has 5 heteroatoms. The SMILES string of the molecule is CCS(=O)(=O)c1ccccc1NC1CNC1. The summed E-state index contributed by atoms with van der Waals surface area (Å²) in [5, 5.41) is 6.39. The molecule has 2 N–H and O–H groups in total. The fourth-order valence-electron chi connectivity index (χ4n) is 1.62. The molecule has 0 bridgehead atoms. The van der Waals surface area contributed by atoms with Crippen LogP contribution in [-0.2, 0) is 9.84 Å². The highest BCUT2D eigenvalue weighted by Crippen LogP contribution is 2.23. The van der Waals surface area contributed by atoms with Gasteiger partial charge in [0.1, 0.15) is 0 Å². The van der Waals surface area contributed by atoms with Crippen LogP contribution in [0.4, 0.5) is 5.69 Å². The van der Waals surface area contributed by atoms with Gasteiger partial charge in [-0.25, -0.2) is 8.42 Å². The Morgan fingerprint density at radius 1 is 1.38 bits per heavy atom. The first-order valence-electron chi connectivity index (χ1n) is 5.42. The maximum Gasteiger partial charge on any atom is 0.180 e. The number of rotatable bonds is 4. The summed E-state index contributed by atoms with van der Waals surface area (Å²) in [6.45, 7) is 3.44. The molecular formula is C11H16N2O2S. The lowest BCUT2D eigenvalue weighted by molar-refractivity contribution is 0.471. The smallest absolute Gasteiger partial charge is 0.180 e. The number of hydrogen-bond acceptors (Lipinski definition) is 4. The molecule has 0 spiro atoms. The number of nitrogens with one attached hydrogen (secondary N) is 2. The molecule has 1 fully saturated rings. The summed E-state index contributed by atoms with van der Waals surface area (Å²) in [7, 11) is -3.14. The quantitative estimate of drug-likeness (QED) is 0.819. The third-order valence-corrected chi connectivity index (χ3v) is 4.53. The lowest BCUT2D eigenvalue weighted by Gasteiger charge is -2.29. The summed E-state index contributed by atoms with van der Waals surface area (Å²) in [6.07, 6.45) is 0. The molecule has 1 aromatic carbocycles. The van der Waals surface area contributed by atoms with Gasteiger partial charge in [0.25, 0.3) is 0 Å². The molecule has 16 heavy (non-hydrogen) atoms. The highest BCUT2D eigenvalue weighted by molar-refractivity contribution is 7.91. The van der Waals surface area contributed by atoms with Gasteiger partial charge in [0, 0.05) is 13.1 Å². The third kappa shape index (κ3) is 2.20. The fourth-order valence-corrected chi connectivity index (χ4v) is 2.68. The molecule has 1 aromatic rings. The predicted molar refractivity (Wildman–Crippen MR) is 64.4 cm³/mol.